The molecule has 8 heteroatoms. The van der Waals surface area contributed by atoms with Crippen LogP contribution in [-0.4, -0.2) is 28.0 Å². The van der Waals surface area contributed by atoms with E-state index < -0.39 is 18.0 Å². The number of pyridine rings is 1. The first-order valence-electron chi connectivity index (χ1n) is 8.89. The standard InChI is InChI=1S/C20H18ClF4N3/c1-27-10-15-14-8-13(21)3-4-17(14)28(19(15)16(22)11-27)7-6-12-2-5-18(26-9-12)20(23,24)25/h2-5,8-9,16H,6-7,10-11H2,1H3. The average Bonchev–Trinajstić information content (AvgIpc) is 2.93. The highest BCUT2D eigenvalue weighted by Gasteiger charge is 2.32. The molecule has 1 unspecified atom stereocenters. The maximum absolute atomic E-state index is 14.9. The van der Waals surface area contributed by atoms with E-state index in [1.54, 1.807) is 6.07 Å². The molecule has 148 valence electrons. The van der Waals surface area contributed by atoms with Gasteiger partial charge in [-0.3, -0.25) is 9.88 Å². The number of benzene rings is 1. The highest BCUT2D eigenvalue weighted by atomic mass is 35.5. The summed E-state index contributed by atoms with van der Waals surface area (Å²) in [4.78, 5) is 5.43. The van der Waals surface area contributed by atoms with E-state index in [0.29, 0.717) is 42.3 Å². The molecule has 1 aliphatic rings. The first-order chi connectivity index (χ1) is 13.2. The van der Waals surface area contributed by atoms with E-state index in [2.05, 4.69) is 4.98 Å². The molecule has 0 aliphatic carbocycles. The van der Waals surface area contributed by atoms with Crippen molar-refractivity contribution in [1.82, 2.24) is 14.5 Å². The lowest BCUT2D eigenvalue weighted by Gasteiger charge is -2.27. The molecule has 0 radical (unpaired) electrons. The lowest BCUT2D eigenvalue weighted by atomic mass is 10.0. The molecule has 0 N–H and O–H groups in total. The van der Waals surface area contributed by atoms with Gasteiger partial charge in [-0.15, -0.1) is 0 Å². The third kappa shape index (κ3) is 3.49. The van der Waals surface area contributed by atoms with Crippen molar-refractivity contribution in [2.24, 2.45) is 0 Å². The summed E-state index contributed by atoms with van der Waals surface area (Å²) in [7, 11) is 1.87. The van der Waals surface area contributed by atoms with Crippen LogP contribution >= 0.6 is 11.6 Å². The van der Waals surface area contributed by atoms with Crippen LogP contribution in [0.1, 0.15) is 28.7 Å². The van der Waals surface area contributed by atoms with Gasteiger partial charge in [0, 0.05) is 41.8 Å². The molecule has 2 aromatic heterocycles. The predicted molar refractivity (Wildman–Crippen MR) is 100 cm³/mol. The lowest BCUT2D eigenvalue weighted by Crippen LogP contribution is -2.29. The van der Waals surface area contributed by atoms with Crippen LogP contribution in [0.4, 0.5) is 17.6 Å². The summed E-state index contributed by atoms with van der Waals surface area (Å²) in [5, 5.41) is 1.50. The highest BCUT2D eigenvalue weighted by molar-refractivity contribution is 6.31. The third-order valence-corrected chi connectivity index (χ3v) is 5.35. The number of aryl methyl sites for hydroxylation is 2. The number of rotatable bonds is 3. The van der Waals surface area contributed by atoms with Crippen LogP contribution in [0.2, 0.25) is 5.02 Å². The molecule has 3 nitrogen and oxygen atoms in total. The van der Waals surface area contributed by atoms with Gasteiger partial charge in [-0.05, 0) is 48.9 Å². The van der Waals surface area contributed by atoms with E-state index in [4.69, 9.17) is 11.6 Å². The number of alkyl halides is 4. The van der Waals surface area contributed by atoms with Crippen molar-refractivity contribution in [3.05, 3.63) is 64.1 Å². The van der Waals surface area contributed by atoms with Crippen LogP contribution in [0, 0.1) is 0 Å². The largest absolute Gasteiger partial charge is 0.433 e. The van der Waals surface area contributed by atoms with E-state index in [9.17, 15) is 17.6 Å². The van der Waals surface area contributed by atoms with Crippen molar-refractivity contribution >= 4 is 22.5 Å². The van der Waals surface area contributed by atoms with Gasteiger partial charge in [0.2, 0.25) is 0 Å². The number of hydrogen-bond donors (Lipinski definition) is 0. The molecule has 0 saturated carbocycles. The number of aromatic nitrogens is 2. The number of fused-ring (bicyclic) bond motifs is 3. The molecule has 3 heterocycles. The molecule has 0 fully saturated rings. The minimum atomic E-state index is -4.46. The monoisotopic (exact) mass is 411 g/mol. The molecule has 3 aromatic rings. The van der Waals surface area contributed by atoms with Crippen molar-refractivity contribution in [2.45, 2.75) is 31.9 Å². The predicted octanol–water partition coefficient (Wildman–Crippen LogP) is 5.41. The third-order valence-electron chi connectivity index (χ3n) is 5.11. The number of halogens is 5. The lowest BCUT2D eigenvalue weighted by molar-refractivity contribution is -0.141. The molecule has 0 amide bonds. The molecule has 1 aromatic carbocycles. The smallest absolute Gasteiger partial charge is 0.341 e. The molecule has 1 atom stereocenters. The van der Waals surface area contributed by atoms with Crippen LogP contribution < -0.4 is 0 Å². The molecule has 0 spiro atoms. The van der Waals surface area contributed by atoms with Gasteiger partial charge in [0.05, 0.1) is 5.69 Å². The summed E-state index contributed by atoms with van der Waals surface area (Å²) < 4.78 is 54.9. The van der Waals surface area contributed by atoms with Gasteiger partial charge in [-0.25, -0.2) is 4.39 Å². The summed E-state index contributed by atoms with van der Waals surface area (Å²) in [6.07, 6.45) is -3.91. The van der Waals surface area contributed by atoms with Crippen LogP contribution in [-0.2, 0) is 25.7 Å². The zero-order valence-electron chi connectivity index (χ0n) is 15.1. The quantitative estimate of drug-likeness (QED) is 0.537. The van der Waals surface area contributed by atoms with E-state index in [1.165, 1.54) is 12.3 Å². The van der Waals surface area contributed by atoms with E-state index in [0.717, 1.165) is 22.5 Å². The summed E-state index contributed by atoms with van der Waals surface area (Å²) in [5.41, 5.74) is 2.19. The Labute approximate surface area is 164 Å². The van der Waals surface area contributed by atoms with Crippen LogP contribution in [0.15, 0.2) is 36.5 Å². The van der Waals surface area contributed by atoms with Gasteiger partial charge in [-0.2, -0.15) is 13.2 Å². The zero-order chi connectivity index (χ0) is 20.1. The minimum Gasteiger partial charge on any atom is -0.341 e. The Hall–Kier alpha value is -2.12. The Kier molecular flexibility index (Phi) is 4.83. The van der Waals surface area contributed by atoms with Crippen molar-refractivity contribution in [2.75, 3.05) is 13.6 Å². The fourth-order valence-corrected chi connectivity index (χ4v) is 4.03. The van der Waals surface area contributed by atoms with Gasteiger partial charge in [-0.1, -0.05) is 17.7 Å². The van der Waals surface area contributed by atoms with Gasteiger partial charge in [0.25, 0.3) is 0 Å². The van der Waals surface area contributed by atoms with Gasteiger partial charge >= 0.3 is 6.18 Å². The Bertz CT molecular complexity index is 1010. The fraction of sp³-hybridized carbons (Fsp3) is 0.350. The molecule has 4 rings (SSSR count). The van der Waals surface area contributed by atoms with E-state index >= 15 is 0 Å². The van der Waals surface area contributed by atoms with E-state index in [-0.39, 0.29) is 0 Å². The summed E-state index contributed by atoms with van der Waals surface area (Å²) in [6, 6.07) is 7.88. The van der Waals surface area contributed by atoms with Crippen molar-refractivity contribution in [3.63, 3.8) is 0 Å². The fourth-order valence-electron chi connectivity index (χ4n) is 3.86. The second-order valence-corrected chi connectivity index (χ2v) is 7.58. The number of hydrogen-bond acceptors (Lipinski definition) is 2. The maximum atomic E-state index is 14.9. The Morgan fingerprint density at radius 2 is 2.00 bits per heavy atom. The summed E-state index contributed by atoms with van der Waals surface area (Å²) in [5.74, 6) is 0. The minimum absolute atomic E-state index is 0.304. The second-order valence-electron chi connectivity index (χ2n) is 7.14. The summed E-state index contributed by atoms with van der Waals surface area (Å²) in [6.45, 7) is 1.38. The first kappa shape index (κ1) is 19.2. The molecular weight excluding hydrogens is 394 g/mol. The summed E-state index contributed by atoms with van der Waals surface area (Å²) >= 11 is 6.15. The Balaban J connectivity index is 1.68. The topological polar surface area (TPSA) is 21.1 Å². The number of nitrogens with zero attached hydrogens (tertiary/aromatic N) is 3. The van der Waals surface area contributed by atoms with Gasteiger partial charge in [0.15, 0.2) is 6.17 Å². The Morgan fingerprint density at radius 3 is 2.68 bits per heavy atom. The van der Waals surface area contributed by atoms with Crippen LogP contribution in [0.25, 0.3) is 10.9 Å². The Morgan fingerprint density at radius 1 is 1.21 bits per heavy atom. The van der Waals surface area contributed by atoms with Crippen LogP contribution in [0.3, 0.4) is 0 Å². The molecule has 0 saturated heterocycles. The molecule has 1 aliphatic heterocycles. The first-order valence-corrected chi connectivity index (χ1v) is 9.27. The van der Waals surface area contributed by atoms with Gasteiger partial charge < -0.3 is 4.57 Å². The van der Waals surface area contributed by atoms with Gasteiger partial charge in [0.1, 0.15) is 5.69 Å². The van der Waals surface area contributed by atoms with Crippen molar-refractivity contribution < 1.29 is 17.6 Å². The molecule has 28 heavy (non-hydrogen) atoms. The maximum Gasteiger partial charge on any atom is 0.433 e. The number of likely N-dealkylation sites (N-methyl/N-ethyl adjacent to an activating group) is 1. The SMILES string of the molecule is CN1Cc2c(n(CCc3ccc(C(F)(F)F)nc3)c3ccc(Cl)cc23)C(F)C1. The second kappa shape index (κ2) is 7.04. The van der Waals surface area contributed by atoms with Crippen molar-refractivity contribution in [3.8, 4) is 0 Å². The normalized spacial score (nSPS) is 17.9. The van der Waals surface area contributed by atoms with Crippen LogP contribution in [0.5, 0.6) is 0 Å². The molecule has 0 bridgehead atoms. The highest BCUT2D eigenvalue weighted by Crippen LogP contribution is 2.38. The zero-order valence-corrected chi connectivity index (χ0v) is 15.9. The molecular formula is C20H18ClF4N3. The van der Waals surface area contributed by atoms with E-state index in [1.807, 2.05) is 28.6 Å². The van der Waals surface area contributed by atoms with Crippen molar-refractivity contribution in [1.29, 1.82) is 0 Å². The average molecular weight is 412 g/mol.